The molecule has 3 aromatic rings. The maximum atomic E-state index is 15.2. The molecule has 1 aliphatic heterocycles. The summed E-state index contributed by atoms with van der Waals surface area (Å²) >= 11 is 1.50. The second-order valence-corrected chi connectivity index (χ2v) is 10.1. The van der Waals surface area contributed by atoms with E-state index >= 15 is 4.39 Å². The number of carbonyl (C=O) groups is 1. The molecular formula is C23H23FN8O2S. The second-order valence-electron chi connectivity index (χ2n) is 9.03. The van der Waals surface area contributed by atoms with Crippen LogP contribution in [0.4, 0.5) is 10.1 Å². The first-order chi connectivity index (χ1) is 17.0. The van der Waals surface area contributed by atoms with Crippen molar-refractivity contribution in [2.24, 2.45) is 16.6 Å². The van der Waals surface area contributed by atoms with Crippen molar-refractivity contribution >= 4 is 28.5 Å². The lowest BCUT2D eigenvalue weighted by Gasteiger charge is -2.36. The Morgan fingerprint density at radius 2 is 2.14 bits per heavy atom. The molecule has 3 aliphatic rings. The van der Waals surface area contributed by atoms with Crippen LogP contribution in [0.1, 0.15) is 41.7 Å². The lowest BCUT2D eigenvalue weighted by atomic mass is 9.81. The Balaban J connectivity index is 1.26. The number of nitrogens with one attached hydrogen (secondary N) is 1. The van der Waals surface area contributed by atoms with Crippen LogP contribution >= 0.6 is 11.8 Å². The molecule has 0 spiro atoms. The van der Waals surface area contributed by atoms with Crippen LogP contribution in [-0.2, 0) is 10.3 Å². The van der Waals surface area contributed by atoms with Gasteiger partial charge in [0.15, 0.2) is 11.0 Å². The molecule has 0 saturated heterocycles. The third kappa shape index (κ3) is 4.27. The van der Waals surface area contributed by atoms with Crippen LogP contribution in [0, 0.1) is 11.7 Å². The highest BCUT2D eigenvalue weighted by Gasteiger charge is 2.53. The summed E-state index contributed by atoms with van der Waals surface area (Å²) in [6, 6.07) is 4.54. The predicted molar refractivity (Wildman–Crippen MR) is 128 cm³/mol. The van der Waals surface area contributed by atoms with Gasteiger partial charge in [0, 0.05) is 29.3 Å². The topological polar surface area (TPSA) is 133 Å². The van der Waals surface area contributed by atoms with Gasteiger partial charge in [0.1, 0.15) is 24.2 Å². The summed E-state index contributed by atoms with van der Waals surface area (Å²) in [5, 5.41) is 7.23. The van der Waals surface area contributed by atoms with Crippen LogP contribution in [0.5, 0.6) is 0 Å². The Kier molecular flexibility index (Phi) is 5.49. The molecule has 12 heteroatoms. The summed E-state index contributed by atoms with van der Waals surface area (Å²) in [5.74, 6) is 0.449. The van der Waals surface area contributed by atoms with Gasteiger partial charge in [-0.05, 0) is 37.5 Å². The maximum absolute atomic E-state index is 15.2. The van der Waals surface area contributed by atoms with Crippen molar-refractivity contribution in [1.82, 2.24) is 24.7 Å². The molecule has 1 aromatic carbocycles. The number of rotatable bonds is 6. The number of halogens is 1. The minimum atomic E-state index is -0.807. The number of thioether (sulfide) groups is 1. The molecule has 35 heavy (non-hydrogen) atoms. The van der Waals surface area contributed by atoms with Gasteiger partial charge in [-0.15, -0.1) is 0 Å². The van der Waals surface area contributed by atoms with Crippen molar-refractivity contribution in [3.63, 3.8) is 0 Å². The Labute approximate surface area is 204 Å². The van der Waals surface area contributed by atoms with Gasteiger partial charge >= 0.3 is 0 Å². The summed E-state index contributed by atoms with van der Waals surface area (Å²) < 4.78 is 22.9. The number of nitrogens with two attached hydrogens (primary N) is 1. The molecule has 0 unspecified atom stereocenters. The lowest BCUT2D eigenvalue weighted by Crippen LogP contribution is -2.37. The Hall–Kier alpha value is -3.38. The molecule has 3 N–H and O–H groups in total. The van der Waals surface area contributed by atoms with Gasteiger partial charge in [-0.3, -0.25) is 9.79 Å². The maximum Gasteiger partial charge on any atom is 0.275 e. The van der Waals surface area contributed by atoms with Crippen LogP contribution in [0.2, 0.25) is 0 Å². The molecule has 2 fully saturated rings. The SMILES string of the molecule is NC1=N[C@@]2(c3cc(NC(=O)c4cnc(-n5cncn5)cn4)ccc3F)C[C@@H](OC3CC3)C[C@H]2CS1. The Bertz CT molecular complexity index is 1280. The van der Waals surface area contributed by atoms with Gasteiger partial charge in [0.25, 0.3) is 5.91 Å². The smallest absolute Gasteiger partial charge is 0.275 e. The Morgan fingerprint density at radius 1 is 1.26 bits per heavy atom. The Morgan fingerprint density at radius 3 is 2.89 bits per heavy atom. The number of amidine groups is 1. The second kappa shape index (κ2) is 8.68. The number of ether oxygens (including phenoxy) is 1. The van der Waals surface area contributed by atoms with Crippen molar-refractivity contribution in [1.29, 1.82) is 0 Å². The van der Waals surface area contributed by atoms with Crippen LogP contribution < -0.4 is 11.1 Å². The molecule has 180 valence electrons. The van der Waals surface area contributed by atoms with Crippen molar-refractivity contribution in [3.05, 3.63) is 60.3 Å². The number of hydrogen-bond donors (Lipinski definition) is 2. The van der Waals surface area contributed by atoms with E-state index in [0.717, 1.165) is 25.0 Å². The van der Waals surface area contributed by atoms with E-state index in [1.54, 1.807) is 6.07 Å². The number of carbonyl (C=O) groups excluding carboxylic acids is 1. The molecule has 10 nitrogen and oxygen atoms in total. The zero-order valence-electron chi connectivity index (χ0n) is 18.7. The minimum absolute atomic E-state index is 0.0131. The normalized spacial score (nSPS) is 25.7. The number of benzene rings is 1. The third-order valence-electron chi connectivity index (χ3n) is 6.63. The van der Waals surface area contributed by atoms with E-state index in [1.807, 2.05) is 0 Å². The van der Waals surface area contributed by atoms with Gasteiger partial charge in [0.05, 0.1) is 30.1 Å². The number of amides is 1. The van der Waals surface area contributed by atoms with Gasteiger partial charge < -0.3 is 15.8 Å². The van der Waals surface area contributed by atoms with Gasteiger partial charge in [-0.1, -0.05) is 11.8 Å². The molecule has 6 rings (SSSR count). The van der Waals surface area contributed by atoms with Crippen LogP contribution in [-0.4, -0.2) is 53.8 Å². The van der Waals surface area contributed by atoms with Crippen molar-refractivity contribution in [2.75, 3.05) is 11.1 Å². The minimum Gasteiger partial charge on any atom is -0.379 e. The van der Waals surface area contributed by atoms with Gasteiger partial charge in [0.2, 0.25) is 0 Å². The zero-order valence-corrected chi connectivity index (χ0v) is 19.5. The number of hydrogen-bond acceptors (Lipinski definition) is 9. The summed E-state index contributed by atoms with van der Waals surface area (Å²) in [6.07, 6.45) is 9.50. The number of aliphatic imine (C=N–C) groups is 1. The molecule has 3 atom stereocenters. The average molecular weight is 495 g/mol. The van der Waals surface area contributed by atoms with Crippen molar-refractivity contribution in [2.45, 2.75) is 43.4 Å². The molecule has 1 amide bonds. The van der Waals surface area contributed by atoms with E-state index in [2.05, 4.69) is 25.4 Å². The van der Waals surface area contributed by atoms with Crippen LogP contribution in [0.3, 0.4) is 0 Å². The highest BCUT2D eigenvalue weighted by Crippen LogP contribution is 2.53. The fraction of sp³-hybridized carbons (Fsp3) is 0.391. The first-order valence-corrected chi connectivity index (χ1v) is 12.4. The lowest BCUT2D eigenvalue weighted by molar-refractivity contribution is 0.0401. The monoisotopic (exact) mass is 494 g/mol. The quantitative estimate of drug-likeness (QED) is 0.534. The number of aromatic nitrogens is 5. The van der Waals surface area contributed by atoms with Crippen molar-refractivity contribution in [3.8, 4) is 5.82 Å². The van der Waals surface area contributed by atoms with E-state index in [0.29, 0.717) is 34.8 Å². The highest BCUT2D eigenvalue weighted by atomic mass is 32.2. The molecule has 3 heterocycles. The molecular weight excluding hydrogens is 471 g/mol. The predicted octanol–water partition coefficient (Wildman–Crippen LogP) is 2.66. The van der Waals surface area contributed by atoms with Crippen LogP contribution in [0.15, 0.2) is 48.2 Å². The fourth-order valence-electron chi connectivity index (χ4n) is 4.85. The first kappa shape index (κ1) is 22.1. The molecule has 0 bridgehead atoms. The van der Waals surface area contributed by atoms with Crippen molar-refractivity contribution < 1.29 is 13.9 Å². The third-order valence-corrected chi connectivity index (χ3v) is 7.58. The summed E-state index contributed by atoms with van der Waals surface area (Å²) in [5.41, 5.74) is 6.30. The first-order valence-electron chi connectivity index (χ1n) is 11.4. The van der Waals surface area contributed by atoms with E-state index in [1.165, 1.54) is 53.6 Å². The van der Waals surface area contributed by atoms with E-state index < -0.39 is 11.4 Å². The molecule has 2 aromatic heterocycles. The fourth-order valence-corrected chi connectivity index (χ4v) is 5.86. The van der Waals surface area contributed by atoms with Crippen LogP contribution in [0.25, 0.3) is 5.82 Å². The van der Waals surface area contributed by atoms with Gasteiger partial charge in [-0.25, -0.2) is 24.0 Å². The highest BCUT2D eigenvalue weighted by molar-refractivity contribution is 8.13. The molecule has 2 saturated carbocycles. The average Bonchev–Trinajstić information content (AvgIpc) is 3.35. The number of fused-ring (bicyclic) bond motifs is 1. The summed E-state index contributed by atoms with van der Waals surface area (Å²) in [7, 11) is 0. The summed E-state index contributed by atoms with van der Waals surface area (Å²) in [4.78, 5) is 29.9. The largest absolute Gasteiger partial charge is 0.379 e. The summed E-state index contributed by atoms with van der Waals surface area (Å²) in [6.45, 7) is 0. The standard InChI is InChI=1S/C23H23FN8O2S/c24-18-4-1-14(30-21(33)19-8-28-20(9-27-19)32-12-26-11-29-32)6-17(18)23-7-16(34-15-2-3-15)5-13(23)10-35-22(25)31-23/h1,4,6,8-9,11-13,15-16H,2-3,5,7,10H2,(H2,25,31)(H,30,33)/t13-,16-,23-/m0/s1. The van der Waals surface area contributed by atoms with Gasteiger partial charge in [-0.2, -0.15) is 5.10 Å². The zero-order chi connectivity index (χ0) is 24.0. The number of anilines is 1. The van der Waals surface area contributed by atoms with E-state index in [4.69, 9.17) is 15.5 Å². The number of nitrogens with zero attached hydrogens (tertiary/aromatic N) is 6. The molecule has 2 aliphatic carbocycles. The van der Waals surface area contributed by atoms with E-state index in [9.17, 15) is 4.79 Å². The molecule has 0 radical (unpaired) electrons. The van der Waals surface area contributed by atoms with E-state index in [-0.39, 0.29) is 23.5 Å².